The van der Waals surface area contributed by atoms with Crippen LogP contribution in [0, 0.1) is 0 Å². The predicted octanol–water partition coefficient (Wildman–Crippen LogP) is 1.12. The lowest BCUT2D eigenvalue weighted by molar-refractivity contribution is -0.118. The topological polar surface area (TPSA) is 46.9 Å². The van der Waals surface area contributed by atoms with E-state index in [1.165, 1.54) is 18.5 Å². The Labute approximate surface area is 93.6 Å². The van der Waals surface area contributed by atoms with Crippen LogP contribution in [0.3, 0.4) is 0 Å². The number of hydrogen-bond donors (Lipinski definition) is 1. The van der Waals surface area contributed by atoms with Crippen LogP contribution < -0.4 is 5.32 Å². The van der Waals surface area contributed by atoms with Gasteiger partial charge in [0, 0.05) is 18.7 Å². The molecule has 15 heavy (non-hydrogen) atoms. The maximum atomic E-state index is 10.9. The summed E-state index contributed by atoms with van der Waals surface area (Å²) in [6, 6.07) is 2.06. The number of aromatic nitrogens is 2. The van der Waals surface area contributed by atoms with E-state index in [0.717, 1.165) is 0 Å². The van der Waals surface area contributed by atoms with E-state index in [-0.39, 0.29) is 11.8 Å². The smallest absolute Gasteiger partial charge is 0.234 e. The van der Waals surface area contributed by atoms with Crippen molar-refractivity contribution in [2.75, 3.05) is 12.4 Å². The van der Waals surface area contributed by atoms with Crippen molar-refractivity contribution in [1.29, 1.82) is 0 Å². The van der Waals surface area contributed by atoms with Crippen molar-refractivity contribution < 1.29 is 4.79 Å². The summed E-state index contributed by atoms with van der Waals surface area (Å²) in [5.74, 6) is 0.571. The van der Waals surface area contributed by atoms with Crippen LogP contribution in [0.2, 0.25) is 0 Å². The van der Waals surface area contributed by atoms with Crippen molar-refractivity contribution in [2.45, 2.75) is 25.3 Å². The lowest BCUT2D eigenvalue weighted by Crippen LogP contribution is -2.28. The minimum atomic E-state index is -0.133. The van der Waals surface area contributed by atoms with Gasteiger partial charge in [-0.25, -0.2) is 0 Å². The van der Waals surface area contributed by atoms with Gasteiger partial charge in [0.1, 0.15) is 5.88 Å². The van der Waals surface area contributed by atoms with E-state index in [9.17, 15) is 4.79 Å². The summed E-state index contributed by atoms with van der Waals surface area (Å²) in [6.45, 7) is 1.28. The van der Waals surface area contributed by atoms with Crippen molar-refractivity contribution in [2.24, 2.45) is 0 Å². The maximum Gasteiger partial charge on any atom is 0.234 e. The Hall–Kier alpha value is -1.03. The fourth-order valence-electron chi connectivity index (χ4n) is 1.46. The number of rotatable bonds is 5. The number of amides is 1. The molecule has 0 atom stereocenters. The molecule has 0 spiro atoms. The van der Waals surface area contributed by atoms with E-state index in [1.807, 2.05) is 10.9 Å². The largest absolute Gasteiger partial charge is 0.353 e. The molecule has 1 N–H and O–H groups in total. The molecule has 0 unspecified atom stereocenters. The molecular weight excluding hydrogens is 214 g/mol. The Balaban J connectivity index is 1.75. The third-order valence-corrected chi connectivity index (χ3v) is 2.68. The second-order valence-electron chi connectivity index (χ2n) is 3.76. The monoisotopic (exact) mass is 227 g/mol. The molecule has 1 aliphatic rings. The van der Waals surface area contributed by atoms with Crippen LogP contribution in [0.15, 0.2) is 12.3 Å². The van der Waals surface area contributed by atoms with Gasteiger partial charge < -0.3 is 5.32 Å². The summed E-state index contributed by atoms with van der Waals surface area (Å²) in [4.78, 5) is 10.9. The van der Waals surface area contributed by atoms with Crippen molar-refractivity contribution in [1.82, 2.24) is 15.1 Å². The van der Waals surface area contributed by atoms with Crippen LogP contribution in [0.1, 0.15) is 24.5 Å². The van der Waals surface area contributed by atoms with Gasteiger partial charge in [0.15, 0.2) is 0 Å². The molecule has 1 aromatic rings. The Bertz CT molecular complexity index is 346. The second-order valence-corrected chi connectivity index (χ2v) is 4.03. The number of nitrogens with zero attached hydrogens (tertiary/aromatic N) is 2. The number of carbonyl (C=O) groups excluding carboxylic acids is 1. The summed E-state index contributed by atoms with van der Waals surface area (Å²) >= 11 is 5.35. The Morgan fingerprint density at radius 2 is 2.47 bits per heavy atom. The number of nitrogens with one attached hydrogen (secondary N) is 1. The van der Waals surface area contributed by atoms with E-state index < -0.39 is 0 Å². The summed E-state index contributed by atoms with van der Waals surface area (Å²) in [7, 11) is 0. The van der Waals surface area contributed by atoms with Crippen LogP contribution in [0.25, 0.3) is 0 Å². The molecule has 0 bridgehead atoms. The maximum absolute atomic E-state index is 10.9. The predicted molar refractivity (Wildman–Crippen MR) is 57.9 cm³/mol. The minimum absolute atomic E-state index is 0.0203. The molecule has 0 saturated heterocycles. The average molecular weight is 228 g/mol. The molecule has 4 nitrogen and oxygen atoms in total. The SMILES string of the molecule is O=C(CCl)NCCn1ccc(C2CC2)n1. The molecule has 1 aliphatic carbocycles. The van der Waals surface area contributed by atoms with Gasteiger partial charge in [-0.05, 0) is 18.9 Å². The molecule has 82 valence electrons. The molecule has 1 saturated carbocycles. The Morgan fingerprint density at radius 3 is 3.13 bits per heavy atom. The van der Waals surface area contributed by atoms with E-state index in [0.29, 0.717) is 19.0 Å². The normalized spacial score (nSPS) is 15.3. The standard InChI is InChI=1S/C10H14ClN3O/c11-7-10(15)12-4-6-14-5-3-9(13-14)8-1-2-8/h3,5,8H,1-2,4,6-7H2,(H,12,15). The highest BCUT2D eigenvalue weighted by molar-refractivity contribution is 6.27. The highest BCUT2D eigenvalue weighted by atomic mass is 35.5. The summed E-state index contributed by atoms with van der Waals surface area (Å²) in [5.41, 5.74) is 1.18. The fourth-order valence-corrected chi connectivity index (χ4v) is 1.55. The molecular formula is C10H14ClN3O. The van der Waals surface area contributed by atoms with Gasteiger partial charge in [0.25, 0.3) is 0 Å². The molecule has 1 aromatic heterocycles. The van der Waals surface area contributed by atoms with Crippen LogP contribution in [-0.2, 0) is 11.3 Å². The van der Waals surface area contributed by atoms with E-state index in [2.05, 4.69) is 16.5 Å². The first-order valence-electron chi connectivity index (χ1n) is 5.15. The number of carbonyl (C=O) groups is 1. The van der Waals surface area contributed by atoms with Crippen molar-refractivity contribution >= 4 is 17.5 Å². The number of alkyl halides is 1. The zero-order valence-corrected chi connectivity index (χ0v) is 9.20. The van der Waals surface area contributed by atoms with Gasteiger partial charge in [-0.1, -0.05) is 0 Å². The Kier molecular flexibility index (Phi) is 3.26. The zero-order valence-electron chi connectivity index (χ0n) is 8.45. The lowest BCUT2D eigenvalue weighted by atomic mass is 10.3. The second kappa shape index (κ2) is 4.66. The first-order valence-corrected chi connectivity index (χ1v) is 5.69. The van der Waals surface area contributed by atoms with Crippen LogP contribution in [-0.4, -0.2) is 28.1 Å². The molecule has 1 heterocycles. The molecule has 5 heteroatoms. The highest BCUT2D eigenvalue weighted by Crippen LogP contribution is 2.38. The first kappa shape index (κ1) is 10.5. The molecule has 1 amide bonds. The van der Waals surface area contributed by atoms with Crippen LogP contribution in [0.4, 0.5) is 0 Å². The molecule has 0 radical (unpaired) electrons. The zero-order chi connectivity index (χ0) is 10.7. The number of halogens is 1. The summed E-state index contributed by atoms with van der Waals surface area (Å²) < 4.78 is 1.86. The highest BCUT2D eigenvalue weighted by Gasteiger charge is 2.25. The van der Waals surface area contributed by atoms with Gasteiger partial charge >= 0.3 is 0 Å². The molecule has 1 fully saturated rings. The third kappa shape index (κ3) is 2.96. The van der Waals surface area contributed by atoms with E-state index in [1.54, 1.807) is 0 Å². The lowest BCUT2D eigenvalue weighted by Gasteiger charge is -2.02. The molecule has 0 aromatic carbocycles. The summed E-state index contributed by atoms with van der Waals surface area (Å²) in [6.07, 6.45) is 4.49. The number of hydrogen-bond acceptors (Lipinski definition) is 2. The third-order valence-electron chi connectivity index (χ3n) is 2.44. The van der Waals surface area contributed by atoms with Gasteiger partial charge in [-0.15, -0.1) is 11.6 Å². The van der Waals surface area contributed by atoms with Crippen molar-refractivity contribution in [3.05, 3.63) is 18.0 Å². The van der Waals surface area contributed by atoms with Crippen molar-refractivity contribution in [3.8, 4) is 0 Å². The van der Waals surface area contributed by atoms with Gasteiger partial charge in [-0.2, -0.15) is 5.10 Å². The van der Waals surface area contributed by atoms with Crippen LogP contribution >= 0.6 is 11.6 Å². The van der Waals surface area contributed by atoms with Gasteiger partial charge in [0.2, 0.25) is 5.91 Å². The average Bonchev–Trinajstić information content (AvgIpc) is 2.99. The quantitative estimate of drug-likeness (QED) is 0.767. The van der Waals surface area contributed by atoms with Crippen LogP contribution in [0.5, 0.6) is 0 Å². The van der Waals surface area contributed by atoms with Crippen molar-refractivity contribution in [3.63, 3.8) is 0 Å². The van der Waals surface area contributed by atoms with E-state index in [4.69, 9.17) is 11.6 Å². The molecule has 2 rings (SSSR count). The van der Waals surface area contributed by atoms with Gasteiger partial charge in [0.05, 0.1) is 12.2 Å². The molecule has 0 aliphatic heterocycles. The fraction of sp³-hybridized carbons (Fsp3) is 0.600. The van der Waals surface area contributed by atoms with Gasteiger partial charge in [-0.3, -0.25) is 9.48 Å². The minimum Gasteiger partial charge on any atom is -0.353 e. The van der Waals surface area contributed by atoms with E-state index >= 15 is 0 Å². The Morgan fingerprint density at radius 1 is 1.67 bits per heavy atom. The summed E-state index contributed by atoms with van der Waals surface area (Å²) in [5, 5.41) is 7.13. The first-order chi connectivity index (χ1) is 7.29.